The van der Waals surface area contributed by atoms with Gasteiger partial charge in [0.1, 0.15) is 11.6 Å². The van der Waals surface area contributed by atoms with Crippen LogP contribution in [0.4, 0.5) is 17.6 Å². The average Bonchev–Trinajstić information content (AvgIpc) is 2.76. The Balaban J connectivity index is 1.45. The quantitative estimate of drug-likeness (QED) is 0.172. The summed E-state index contributed by atoms with van der Waals surface area (Å²) in [4.78, 5) is 12.3. The lowest BCUT2D eigenvalue weighted by Crippen LogP contribution is -2.30. The van der Waals surface area contributed by atoms with Crippen molar-refractivity contribution in [3.8, 4) is 5.75 Å². The molecule has 0 heterocycles. The van der Waals surface area contributed by atoms with Crippen molar-refractivity contribution in [3.05, 3.63) is 77.4 Å². The SMILES string of the molecule is C=CC1CCC2CC(c3ccc(C(=O)Oc4cc(F)c(F)c(F)c4)cc3F)CCC2C1. The molecule has 2 aromatic carbocycles. The fraction of sp³-hybridized carbons (Fsp3) is 0.400. The van der Waals surface area contributed by atoms with Crippen LogP contribution in [0.15, 0.2) is 43.0 Å². The van der Waals surface area contributed by atoms with Gasteiger partial charge in [-0.15, -0.1) is 6.58 Å². The predicted molar refractivity (Wildman–Crippen MR) is 109 cm³/mol. The molecule has 0 amide bonds. The van der Waals surface area contributed by atoms with Gasteiger partial charge in [0.2, 0.25) is 0 Å². The van der Waals surface area contributed by atoms with Crippen LogP contribution in [0.3, 0.4) is 0 Å². The van der Waals surface area contributed by atoms with Gasteiger partial charge in [-0.3, -0.25) is 0 Å². The van der Waals surface area contributed by atoms with Crippen LogP contribution in [-0.2, 0) is 0 Å². The van der Waals surface area contributed by atoms with E-state index in [0.29, 0.717) is 35.4 Å². The topological polar surface area (TPSA) is 26.3 Å². The molecule has 31 heavy (non-hydrogen) atoms. The van der Waals surface area contributed by atoms with E-state index < -0.39 is 35.0 Å². The van der Waals surface area contributed by atoms with Crippen LogP contribution in [0, 0.1) is 41.0 Å². The number of hydrogen-bond acceptors (Lipinski definition) is 2. The van der Waals surface area contributed by atoms with E-state index in [1.54, 1.807) is 6.07 Å². The normalized spacial score (nSPS) is 25.5. The van der Waals surface area contributed by atoms with Crippen molar-refractivity contribution in [1.82, 2.24) is 0 Å². The first kappa shape index (κ1) is 21.6. The number of esters is 1. The highest BCUT2D eigenvalue weighted by atomic mass is 19.2. The summed E-state index contributed by atoms with van der Waals surface area (Å²) in [5.74, 6) is -4.60. The lowest BCUT2D eigenvalue weighted by Gasteiger charge is -2.41. The Bertz CT molecular complexity index is 980. The van der Waals surface area contributed by atoms with Gasteiger partial charge in [0, 0.05) is 12.1 Å². The molecular formula is C25H24F4O2. The van der Waals surface area contributed by atoms with Crippen molar-refractivity contribution in [1.29, 1.82) is 0 Å². The van der Waals surface area contributed by atoms with Crippen molar-refractivity contribution in [3.63, 3.8) is 0 Å². The van der Waals surface area contributed by atoms with Gasteiger partial charge < -0.3 is 4.74 Å². The van der Waals surface area contributed by atoms with E-state index in [1.807, 2.05) is 0 Å². The second-order valence-electron chi connectivity index (χ2n) is 8.67. The molecule has 0 bridgehead atoms. The zero-order chi connectivity index (χ0) is 22.1. The first-order valence-corrected chi connectivity index (χ1v) is 10.6. The zero-order valence-corrected chi connectivity index (χ0v) is 17.1. The molecule has 0 saturated heterocycles. The lowest BCUT2D eigenvalue weighted by molar-refractivity contribution is 0.0733. The van der Waals surface area contributed by atoms with E-state index in [0.717, 1.165) is 38.2 Å². The minimum Gasteiger partial charge on any atom is -0.423 e. The van der Waals surface area contributed by atoms with Crippen molar-refractivity contribution in [2.75, 3.05) is 0 Å². The summed E-state index contributed by atoms with van der Waals surface area (Å²) in [6.45, 7) is 3.92. The minimum atomic E-state index is -1.65. The molecule has 164 valence electrons. The lowest BCUT2D eigenvalue weighted by atomic mass is 9.64. The van der Waals surface area contributed by atoms with Crippen molar-refractivity contribution in [2.45, 2.75) is 44.4 Å². The molecule has 0 aromatic heterocycles. The molecule has 2 aliphatic rings. The summed E-state index contributed by atoms with van der Waals surface area (Å²) in [7, 11) is 0. The number of rotatable bonds is 4. The average molecular weight is 432 g/mol. The standard InChI is InChI=1S/C25H24F4O2/c1-2-14-3-4-16-10-17(6-5-15(16)9-14)20-8-7-18(11-21(20)26)25(30)31-19-12-22(27)24(29)23(28)13-19/h2,7-8,11-17H,1,3-6,9-10H2. The summed E-state index contributed by atoms with van der Waals surface area (Å²) in [6, 6.07) is 5.28. The number of carbonyl (C=O) groups is 1. The molecule has 4 atom stereocenters. The second kappa shape index (κ2) is 8.85. The molecular weight excluding hydrogens is 408 g/mol. The molecule has 0 N–H and O–H groups in total. The monoisotopic (exact) mass is 432 g/mol. The van der Waals surface area contributed by atoms with Gasteiger partial charge in [-0.25, -0.2) is 22.4 Å². The highest BCUT2D eigenvalue weighted by Gasteiger charge is 2.36. The van der Waals surface area contributed by atoms with E-state index in [-0.39, 0.29) is 11.5 Å². The van der Waals surface area contributed by atoms with Crippen LogP contribution < -0.4 is 4.74 Å². The van der Waals surface area contributed by atoms with Crippen LogP contribution in [0.1, 0.15) is 60.4 Å². The third-order valence-corrected chi connectivity index (χ3v) is 6.83. The highest BCUT2D eigenvalue weighted by Crippen LogP contribution is 2.48. The van der Waals surface area contributed by atoms with E-state index in [4.69, 9.17) is 4.74 Å². The van der Waals surface area contributed by atoms with Crippen LogP contribution in [0.5, 0.6) is 5.75 Å². The Kier molecular flexibility index (Phi) is 6.17. The number of ether oxygens (including phenoxy) is 1. The van der Waals surface area contributed by atoms with Crippen LogP contribution in [0.2, 0.25) is 0 Å². The minimum absolute atomic E-state index is 0.0773. The highest BCUT2D eigenvalue weighted by molar-refractivity contribution is 5.91. The second-order valence-corrected chi connectivity index (χ2v) is 8.67. The van der Waals surface area contributed by atoms with Crippen molar-refractivity contribution < 1.29 is 27.1 Å². The van der Waals surface area contributed by atoms with Crippen LogP contribution in [0.25, 0.3) is 0 Å². The molecule has 2 aliphatic carbocycles. The predicted octanol–water partition coefficient (Wildman–Crippen LogP) is 6.95. The molecule has 4 unspecified atom stereocenters. The molecule has 4 rings (SSSR count). The van der Waals surface area contributed by atoms with Gasteiger partial charge in [0.15, 0.2) is 17.5 Å². The number of carbonyl (C=O) groups excluding carboxylic acids is 1. The maximum atomic E-state index is 14.9. The summed E-state index contributed by atoms with van der Waals surface area (Å²) >= 11 is 0. The first-order chi connectivity index (χ1) is 14.9. The third kappa shape index (κ3) is 4.53. The van der Waals surface area contributed by atoms with Crippen LogP contribution >= 0.6 is 0 Å². The Hall–Kier alpha value is -2.63. The van der Waals surface area contributed by atoms with Gasteiger partial charge in [-0.05, 0) is 79.9 Å². The van der Waals surface area contributed by atoms with E-state index in [2.05, 4.69) is 12.7 Å². The summed E-state index contributed by atoms with van der Waals surface area (Å²) in [5.41, 5.74) is 0.506. The molecule has 2 nitrogen and oxygen atoms in total. The molecule has 0 radical (unpaired) electrons. The van der Waals surface area contributed by atoms with Gasteiger partial charge in [0.05, 0.1) is 5.56 Å². The zero-order valence-electron chi connectivity index (χ0n) is 17.1. The maximum Gasteiger partial charge on any atom is 0.343 e. The fourth-order valence-electron chi connectivity index (χ4n) is 5.16. The molecule has 0 spiro atoms. The van der Waals surface area contributed by atoms with Gasteiger partial charge in [-0.2, -0.15) is 0 Å². The maximum absolute atomic E-state index is 14.9. The molecule has 2 fully saturated rings. The third-order valence-electron chi connectivity index (χ3n) is 6.83. The number of allylic oxidation sites excluding steroid dienone is 1. The molecule has 6 heteroatoms. The molecule has 0 aliphatic heterocycles. The summed E-state index contributed by atoms with van der Waals surface area (Å²) < 4.78 is 59.4. The van der Waals surface area contributed by atoms with E-state index in [9.17, 15) is 22.4 Å². The van der Waals surface area contributed by atoms with Crippen molar-refractivity contribution in [2.24, 2.45) is 17.8 Å². The van der Waals surface area contributed by atoms with Gasteiger partial charge in [0.25, 0.3) is 0 Å². The Morgan fingerprint density at radius 3 is 2.26 bits per heavy atom. The Morgan fingerprint density at radius 2 is 1.58 bits per heavy atom. The van der Waals surface area contributed by atoms with Crippen LogP contribution in [-0.4, -0.2) is 5.97 Å². The first-order valence-electron chi connectivity index (χ1n) is 10.6. The van der Waals surface area contributed by atoms with E-state index in [1.165, 1.54) is 12.5 Å². The number of fused-ring (bicyclic) bond motifs is 1. The summed E-state index contributed by atoms with van der Waals surface area (Å²) in [5, 5.41) is 0. The fourth-order valence-corrected chi connectivity index (χ4v) is 5.16. The largest absolute Gasteiger partial charge is 0.423 e. The van der Waals surface area contributed by atoms with E-state index >= 15 is 0 Å². The van der Waals surface area contributed by atoms with Crippen molar-refractivity contribution >= 4 is 5.97 Å². The number of hydrogen-bond donors (Lipinski definition) is 0. The number of halogens is 4. The Labute approximate surface area is 178 Å². The van der Waals surface area contributed by atoms with Gasteiger partial charge in [-0.1, -0.05) is 12.1 Å². The summed E-state index contributed by atoms with van der Waals surface area (Å²) in [6.07, 6.45) is 8.38. The van der Waals surface area contributed by atoms with Gasteiger partial charge >= 0.3 is 5.97 Å². The smallest absolute Gasteiger partial charge is 0.343 e. The number of benzene rings is 2. The Morgan fingerprint density at radius 1 is 0.903 bits per heavy atom. The molecule has 2 saturated carbocycles. The molecule has 2 aromatic rings.